The molecular weight excluding hydrogens is 622 g/mol. The lowest BCUT2D eigenvalue weighted by Crippen LogP contribution is -2.21. The van der Waals surface area contributed by atoms with Crippen LogP contribution in [0.2, 0.25) is 0 Å². The van der Waals surface area contributed by atoms with E-state index in [1.165, 1.54) is 31.4 Å². The molecule has 5 nitrogen and oxygen atoms in total. The molecule has 242 valence electrons. The van der Waals surface area contributed by atoms with Crippen LogP contribution in [-0.4, -0.2) is 25.6 Å². The molecule has 1 unspecified atom stereocenters. The van der Waals surface area contributed by atoms with Crippen LogP contribution in [0.3, 0.4) is 0 Å². The van der Waals surface area contributed by atoms with Crippen LogP contribution in [0.25, 0.3) is 0 Å². The lowest BCUT2D eigenvalue weighted by atomic mass is 9.87. The van der Waals surface area contributed by atoms with Crippen molar-refractivity contribution in [3.05, 3.63) is 108 Å². The van der Waals surface area contributed by atoms with E-state index in [9.17, 15) is 13.2 Å². The topological polar surface area (TPSA) is 75.7 Å². The number of benzene rings is 4. The fourth-order valence-corrected chi connectivity index (χ4v) is 6.30. The van der Waals surface area contributed by atoms with E-state index in [1.807, 2.05) is 12.1 Å². The van der Waals surface area contributed by atoms with Gasteiger partial charge in [0.1, 0.15) is 22.4 Å². The zero-order valence-electron chi connectivity index (χ0n) is 26.7. The van der Waals surface area contributed by atoms with Gasteiger partial charge in [-0.1, -0.05) is 77.4 Å². The highest BCUT2D eigenvalue weighted by Gasteiger charge is 2.37. The Hall–Kier alpha value is -3.47. The molecule has 0 aliphatic carbocycles. The predicted molar refractivity (Wildman–Crippen MR) is 172 cm³/mol. The van der Waals surface area contributed by atoms with E-state index in [4.69, 9.17) is 22.4 Å². The summed E-state index contributed by atoms with van der Waals surface area (Å²) in [6, 6.07) is 32.5. The maximum Gasteiger partial charge on any atom is 0.485 e. The van der Waals surface area contributed by atoms with Gasteiger partial charge in [0.15, 0.2) is 25.7 Å². The molecule has 0 heterocycles. The molecule has 0 aliphatic rings. The van der Waals surface area contributed by atoms with Crippen molar-refractivity contribution < 1.29 is 35.6 Å². The number of alkyl halides is 3. The van der Waals surface area contributed by atoms with Crippen LogP contribution in [0.15, 0.2) is 106 Å². The first-order valence-electron chi connectivity index (χ1n) is 14.1. The van der Waals surface area contributed by atoms with Crippen LogP contribution in [-0.2, 0) is 31.8 Å². The summed E-state index contributed by atoms with van der Waals surface area (Å²) < 4.78 is 71.0. The standard InChI is InChI=1S/C34H39O2S.CHF3O3S/c1-24-9-18-29(19-10-24)37(30-20-16-27(35-8)17-21-30)32-23-26(34(5,6)7)13-22-31(32)36-28-14-11-25(12-15-28)33(2,3)4;2-1(3,4)8(5,6)7/h9-23H,1-8H3;(H,5,6,7)/q+1;/p-1. The summed E-state index contributed by atoms with van der Waals surface area (Å²) in [5.74, 6) is 2.59. The Kier molecular flexibility index (Phi) is 11.1. The summed E-state index contributed by atoms with van der Waals surface area (Å²) in [5, 5.41) is 0. The van der Waals surface area contributed by atoms with Gasteiger partial charge in [-0.3, -0.25) is 0 Å². The van der Waals surface area contributed by atoms with E-state index < -0.39 is 15.6 Å². The molecule has 0 aliphatic heterocycles. The molecule has 0 saturated heterocycles. The van der Waals surface area contributed by atoms with E-state index in [0.29, 0.717) is 0 Å². The Morgan fingerprint density at radius 2 is 1.09 bits per heavy atom. The van der Waals surface area contributed by atoms with E-state index in [1.54, 1.807) is 7.11 Å². The highest BCUT2D eigenvalue weighted by Crippen LogP contribution is 2.41. The normalized spacial score (nSPS) is 13.0. The maximum atomic E-state index is 10.7. The van der Waals surface area contributed by atoms with Crippen molar-refractivity contribution in [1.29, 1.82) is 0 Å². The third-order valence-electron chi connectivity index (χ3n) is 6.81. The Bertz CT molecular complexity index is 1670. The first-order chi connectivity index (χ1) is 20.7. The number of ether oxygens (including phenoxy) is 2. The zero-order chi connectivity index (χ0) is 33.8. The van der Waals surface area contributed by atoms with Crippen molar-refractivity contribution in [3.8, 4) is 17.2 Å². The molecule has 4 aromatic carbocycles. The molecule has 0 radical (unpaired) electrons. The van der Waals surface area contributed by atoms with Gasteiger partial charge in [0.05, 0.1) is 7.11 Å². The summed E-state index contributed by atoms with van der Waals surface area (Å²) in [5.41, 5.74) is -1.70. The SMILES string of the molecule is COc1ccc([S+](c2ccc(C)cc2)c2cc(C(C)(C)C)ccc2Oc2ccc(C(C)(C)C)cc2)cc1.O=S(=O)([O-])C(F)(F)F. The number of hydrogen-bond donors (Lipinski definition) is 0. The highest BCUT2D eigenvalue weighted by atomic mass is 32.2. The van der Waals surface area contributed by atoms with Gasteiger partial charge >= 0.3 is 5.51 Å². The Labute approximate surface area is 267 Å². The average molecular weight is 661 g/mol. The Morgan fingerprint density at radius 3 is 1.51 bits per heavy atom. The third kappa shape index (κ3) is 9.76. The molecule has 0 N–H and O–H groups in total. The Balaban J connectivity index is 0.000000610. The van der Waals surface area contributed by atoms with Crippen LogP contribution < -0.4 is 9.47 Å². The number of hydrogen-bond acceptors (Lipinski definition) is 5. The molecule has 1 atom stereocenters. The number of aryl methyl sites for hydroxylation is 1. The third-order valence-corrected chi connectivity index (χ3v) is 9.63. The molecule has 0 aromatic heterocycles. The molecule has 0 bridgehead atoms. The van der Waals surface area contributed by atoms with Crippen molar-refractivity contribution in [2.24, 2.45) is 0 Å². The number of rotatable bonds is 6. The largest absolute Gasteiger partial charge is 0.741 e. The van der Waals surface area contributed by atoms with Crippen LogP contribution in [0.1, 0.15) is 58.2 Å². The monoisotopic (exact) mass is 660 g/mol. The summed E-state index contributed by atoms with van der Waals surface area (Å²) in [4.78, 5) is 3.67. The molecule has 45 heavy (non-hydrogen) atoms. The van der Waals surface area contributed by atoms with Crippen molar-refractivity contribution in [2.75, 3.05) is 7.11 Å². The van der Waals surface area contributed by atoms with Crippen molar-refractivity contribution in [1.82, 2.24) is 0 Å². The fourth-order valence-electron chi connectivity index (χ4n) is 4.14. The second-order valence-corrected chi connectivity index (χ2v) is 15.8. The number of methoxy groups -OCH3 is 1. The molecule has 0 saturated carbocycles. The van der Waals surface area contributed by atoms with Gasteiger partial charge in [-0.15, -0.1) is 0 Å². The quantitative estimate of drug-likeness (QED) is 0.117. The van der Waals surface area contributed by atoms with Crippen molar-refractivity contribution >= 4 is 21.0 Å². The minimum atomic E-state index is -6.09. The first kappa shape index (κ1) is 36.0. The summed E-state index contributed by atoms with van der Waals surface area (Å²) >= 11 is 0. The maximum absolute atomic E-state index is 10.7. The van der Waals surface area contributed by atoms with Gasteiger partial charge in [-0.05, 0) is 83.5 Å². The molecule has 0 spiro atoms. The van der Waals surface area contributed by atoms with Crippen LogP contribution in [0.4, 0.5) is 13.2 Å². The average Bonchev–Trinajstić information content (AvgIpc) is 2.94. The van der Waals surface area contributed by atoms with E-state index >= 15 is 0 Å². The molecular formula is C35H39F3O5S2. The Morgan fingerprint density at radius 1 is 0.667 bits per heavy atom. The second-order valence-electron chi connectivity index (χ2n) is 12.5. The smallest absolute Gasteiger partial charge is 0.485 e. The lowest BCUT2D eigenvalue weighted by Gasteiger charge is -2.22. The van der Waals surface area contributed by atoms with E-state index in [-0.39, 0.29) is 21.7 Å². The minimum Gasteiger partial charge on any atom is -0.741 e. The van der Waals surface area contributed by atoms with Gasteiger partial charge < -0.3 is 14.0 Å². The zero-order valence-corrected chi connectivity index (χ0v) is 28.3. The minimum absolute atomic E-state index is 0.0177. The molecule has 10 heteroatoms. The lowest BCUT2D eigenvalue weighted by molar-refractivity contribution is -0.0517. The number of halogens is 3. The molecule has 4 rings (SSSR count). The molecule has 0 amide bonds. The predicted octanol–water partition coefficient (Wildman–Crippen LogP) is 9.54. The summed E-state index contributed by atoms with van der Waals surface area (Å²) in [7, 11) is -4.75. The second kappa shape index (κ2) is 13.9. The van der Waals surface area contributed by atoms with Gasteiger partial charge in [0, 0.05) is 6.07 Å². The summed E-state index contributed by atoms with van der Waals surface area (Å²) in [6.45, 7) is 15.6. The van der Waals surface area contributed by atoms with E-state index in [2.05, 4.69) is 127 Å². The van der Waals surface area contributed by atoms with E-state index in [0.717, 1.165) is 17.2 Å². The van der Waals surface area contributed by atoms with Crippen LogP contribution in [0.5, 0.6) is 17.2 Å². The fraction of sp³-hybridized carbons (Fsp3) is 0.314. The van der Waals surface area contributed by atoms with Gasteiger partial charge in [-0.2, -0.15) is 13.2 Å². The first-order valence-corrected chi connectivity index (χ1v) is 16.7. The van der Waals surface area contributed by atoms with Crippen LogP contribution in [0, 0.1) is 6.92 Å². The highest BCUT2D eigenvalue weighted by molar-refractivity contribution is 7.97. The molecule has 4 aromatic rings. The van der Waals surface area contributed by atoms with Gasteiger partial charge in [-0.25, -0.2) is 8.42 Å². The van der Waals surface area contributed by atoms with Gasteiger partial charge in [0.2, 0.25) is 4.90 Å². The van der Waals surface area contributed by atoms with Crippen molar-refractivity contribution in [3.63, 3.8) is 0 Å². The molecule has 0 fully saturated rings. The van der Waals surface area contributed by atoms with Crippen molar-refractivity contribution in [2.45, 2.75) is 79.5 Å². The van der Waals surface area contributed by atoms with Crippen LogP contribution >= 0.6 is 0 Å². The summed E-state index contributed by atoms with van der Waals surface area (Å²) in [6.07, 6.45) is 0. The van der Waals surface area contributed by atoms with Gasteiger partial charge in [0.25, 0.3) is 0 Å².